The lowest BCUT2D eigenvalue weighted by Crippen LogP contribution is -2.39. The van der Waals surface area contributed by atoms with E-state index >= 15 is 0 Å². The Labute approximate surface area is 70.2 Å². The summed E-state index contributed by atoms with van der Waals surface area (Å²) < 4.78 is 4.88. The quantitative estimate of drug-likeness (QED) is 0.409. The Balaban J connectivity index is 2.37. The molecule has 1 rings (SSSR count). The van der Waals surface area contributed by atoms with Gasteiger partial charge in [0.25, 0.3) is 0 Å². The number of ether oxygens (including phenoxy) is 1. The zero-order valence-electron chi connectivity index (χ0n) is 6.63. The highest BCUT2D eigenvalue weighted by Gasteiger charge is 2.33. The highest BCUT2D eigenvalue weighted by Crippen LogP contribution is 2.21. The third-order valence-corrected chi connectivity index (χ3v) is 1.99. The topological polar surface area (TPSA) is 90.2 Å². The fourth-order valence-electron chi connectivity index (χ4n) is 1.25. The molecule has 0 bridgehead atoms. The average Bonchev–Trinajstić information content (AvgIpc) is 2.49. The van der Waals surface area contributed by atoms with E-state index in [1.165, 1.54) is 0 Å². The van der Waals surface area contributed by atoms with Crippen LogP contribution >= 0.6 is 0 Å². The number of rotatable bonds is 3. The SMILES string of the molecule is OCC(O)[C@H](O)C1CCC(O)O1. The summed E-state index contributed by atoms with van der Waals surface area (Å²) in [5, 5.41) is 35.7. The second-order valence-electron chi connectivity index (χ2n) is 2.95. The van der Waals surface area contributed by atoms with Gasteiger partial charge in [0.2, 0.25) is 0 Å². The van der Waals surface area contributed by atoms with Gasteiger partial charge in [0, 0.05) is 6.42 Å². The molecule has 1 aliphatic rings. The van der Waals surface area contributed by atoms with E-state index < -0.39 is 31.2 Å². The van der Waals surface area contributed by atoms with Crippen LogP contribution in [0.25, 0.3) is 0 Å². The van der Waals surface area contributed by atoms with Crippen LogP contribution in [-0.4, -0.2) is 51.6 Å². The first-order chi connectivity index (χ1) is 5.65. The maximum Gasteiger partial charge on any atom is 0.155 e. The molecule has 0 aromatic carbocycles. The van der Waals surface area contributed by atoms with Crippen LogP contribution in [0.3, 0.4) is 0 Å². The molecular weight excluding hydrogens is 164 g/mol. The Bertz CT molecular complexity index is 140. The molecule has 5 nitrogen and oxygen atoms in total. The standard InChI is InChI=1S/C7H14O5/c8-3-4(9)7(11)5-1-2-6(10)12-5/h4-11H,1-3H2/t4?,5?,6?,7-/m0/s1. The van der Waals surface area contributed by atoms with Gasteiger partial charge in [0.05, 0.1) is 12.7 Å². The zero-order valence-corrected chi connectivity index (χ0v) is 6.63. The summed E-state index contributed by atoms with van der Waals surface area (Å²) in [6.07, 6.45) is -2.77. The van der Waals surface area contributed by atoms with E-state index in [2.05, 4.69) is 0 Å². The molecule has 0 spiro atoms. The van der Waals surface area contributed by atoms with Gasteiger partial charge >= 0.3 is 0 Å². The molecule has 1 heterocycles. The van der Waals surface area contributed by atoms with Crippen molar-refractivity contribution in [3.05, 3.63) is 0 Å². The first-order valence-corrected chi connectivity index (χ1v) is 3.95. The minimum atomic E-state index is -1.19. The minimum absolute atomic E-state index is 0.458. The van der Waals surface area contributed by atoms with Crippen molar-refractivity contribution in [1.82, 2.24) is 0 Å². The highest BCUT2D eigenvalue weighted by molar-refractivity contribution is 4.80. The van der Waals surface area contributed by atoms with Crippen molar-refractivity contribution in [2.75, 3.05) is 6.61 Å². The summed E-state index contributed by atoms with van der Waals surface area (Å²) in [6.45, 7) is -0.503. The molecule has 0 aliphatic carbocycles. The third kappa shape index (κ3) is 2.15. The molecule has 12 heavy (non-hydrogen) atoms. The average molecular weight is 178 g/mol. The molecular formula is C7H14O5. The zero-order chi connectivity index (χ0) is 9.14. The monoisotopic (exact) mass is 178 g/mol. The van der Waals surface area contributed by atoms with Crippen LogP contribution in [0.2, 0.25) is 0 Å². The lowest BCUT2D eigenvalue weighted by Gasteiger charge is -2.21. The maximum atomic E-state index is 9.29. The van der Waals surface area contributed by atoms with Gasteiger partial charge in [-0.05, 0) is 6.42 Å². The highest BCUT2D eigenvalue weighted by atomic mass is 16.6. The van der Waals surface area contributed by atoms with Crippen LogP contribution in [0.1, 0.15) is 12.8 Å². The van der Waals surface area contributed by atoms with Gasteiger partial charge < -0.3 is 25.2 Å². The first-order valence-electron chi connectivity index (χ1n) is 3.95. The number of hydrogen-bond donors (Lipinski definition) is 4. The van der Waals surface area contributed by atoms with Crippen molar-refractivity contribution in [2.24, 2.45) is 0 Å². The molecule has 0 radical (unpaired) electrons. The lowest BCUT2D eigenvalue weighted by molar-refractivity contribution is -0.145. The molecule has 1 aliphatic heterocycles. The van der Waals surface area contributed by atoms with E-state index in [-0.39, 0.29) is 0 Å². The normalized spacial score (nSPS) is 35.0. The van der Waals surface area contributed by atoms with E-state index in [0.717, 1.165) is 0 Å². The van der Waals surface area contributed by atoms with E-state index in [1.54, 1.807) is 0 Å². The molecule has 1 fully saturated rings. The summed E-state index contributed by atoms with van der Waals surface area (Å²) in [6, 6.07) is 0. The Kier molecular flexibility index (Phi) is 3.42. The molecule has 1 saturated heterocycles. The van der Waals surface area contributed by atoms with Gasteiger partial charge in [-0.1, -0.05) is 0 Å². The first kappa shape index (κ1) is 9.88. The fraction of sp³-hybridized carbons (Fsp3) is 1.00. The van der Waals surface area contributed by atoms with Gasteiger partial charge in [-0.2, -0.15) is 0 Å². The Morgan fingerprint density at radius 1 is 1.33 bits per heavy atom. The van der Waals surface area contributed by atoms with E-state index in [1.807, 2.05) is 0 Å². The summed E-state index contributed by atoms with van der Waals surface area (Å²) in [5.41, 5.74) is 0. The van der Waals surface area contributed by atoms with Crippen molar-refractivity contribution in [3.8, 4) is 0 Å². The second-order valence-corrected chi connectivity index (χ2v) is 2.95. The largest absolute Gasteiger partial charge is 0.394 e. The number of aliphatic hydroxyl groups excluding tert-OH is 4. The lowest BCUT2D eigenvalue weighted by atomic mass is 10.1. The van der Waals surface area contributed by atoms with Crippen LogP contribution < -0.4 is 0 Å². The molecule has 0 amide bonds. The predicted octanol–water partition coefficient (Wildman–Crippen LogP) is -1.80. The van der Waals surface area contributed by atoms with Crippen LogP contribution in [-0.2, 0) is 4.74 Å². The predicted molar refractivity (Wildman–Crippen MR) is 39.2 cm³/mol. The Hall–Kier alpha value is -0.200. The van der Waals surface area contributed by atoms with Crippen LogP contribution in [0.4, 0.5) is 0 Å². The van der Waals surface area contributed by atoms with Gasteiger partial charge in [0.15, 0.2) is 6.29 Å². The molecule has 5 heteroatoms. The van der Waals surface area contributed by atoms with Crippen molar-refractivity contribution < 1.29 is 25.2 Å². The van der Waals surface area contributed by atoms with Gasteiger partial charge in [0.1, 0.15) is 12.2 Å². The van der Waals surface area contributed by atoms with Gasteiger partial charge in [-0.25, -0.2) is 0 Å². The molecule has 0 aromatic rings. The summed E-state index contributed by atoms with van der Waals surface area (Å²) in [4.78, 5) is 0. The van der Waals surface area contributed by atoms with Crippen molar-refractivity contribution in [3.63, 3.8) is 0 Å². The van der Waals surface area contributed by atoms with E-state index in [0.29, 0.717) is 12.8 Å². The smallest absolute Gasteiger partial charge is 0.155 e. The second kappa shape index (κ2) is 4.15. The van der Waals surface area contributed by atoms with Crippen molar-refractivity contribution >= 4 is 0 Å². The third-order valence-electron chi connectivity index (χ3n) is 1.99. The maximum absolute atomic E-state index is 9.29. The number of hydrogen-bond acceptors (Lipinski definition) is 5. The van der Waals surface area contributed by atoms with E-state index in [4.69, 9.17) is 20.1 Å². The molecule has 72 valence electrons. The van der Waals surface area contributed by atoms with Crippen LogP contribution in [0.5, 0.6) is 0 Å². The molecule has 3 unspecified atom stereocenters. The van der Waals surface area contributed by atoms with Gasteiger partial charge in [-0.15, -0.1) is 0 Å². The fourth-order valence-corrected chi connectivity index (χ4v) is 1.25. The minimum Gasteiger partial charge on any atom is -0.394 e. The van der Waals surface area contributed by atoms with E-state index in [9.17, 15) is 5.11 Å². The van der Waals surface area contributed by atoms with Crippen LogP contribution in [0, 0.1) is 0 Å². The molecule has 0 saturated carbocycles. The molecule has 0 aromatic heterocycles. The van der Waals surface area contributed by atoms with Crippen molar-refractivity contribution in [1.29, 1.82) is 0 Å². The van der Waals surface area contributed by atoms with Crippen LogP contribution in [0.15, 0.2) is 0 Å². The number of aliphatic hydroxyl groups is 4. The molecule has 4 atom stereocenters. The summed E-state index contributed by atoms with van der Waals surface area (Å²) >= 11 is 0. The molecule has 4 N–H and O–H groups in total. The Morgan fingerprint density at radius 2 is 2.00 bits per heavy atom. The van der Waals surface area contributed by atoms with Crippen molar-refractivity contribution in [2.45, 2.75) is 37.4 Å². The Morgan fingerprint density at radius 3 is 2.42 bits per heavy atom. The summed E-state index contributed by atoms with van der Waals surface area (Å²) in [7, 11) is 0. The summed E-state index contributed by atoms with van der Waals surface area (Å²) in [5.74, 6) is 0. The van der Waals surface area contributed by atoms with Gasteiger partial charge in [-0.3, -0.25) is 0 Å².